The van der Waals surface area contributed by atoms with Crippen LogP contribution in [0.4, 0.5) is 0 Å². The number of nitrogens with zero attached hydrogens (tertiary/aromatic N) is 4. The number of hydrogen-bond donors (Lipinski definition) is 0. The Hall–Kier alpha value is -7.95. The third-order valence-electron chi connectivity index (χ3n) is 13.9. The van der Waals surface area contributed by atoms with E-state index in [-0.39, 0.29) is 56.2 Å². The van der Waals surface area contributed by atoms with Crippen molar-refractivity contribution < 1.29 is 37.2 Å². The van der Waals surface area contributed by atoms with Crippen molar-refractivity contribution in [3.05, 3.63) is 259 Å². The van der Waals surface area contributed by atoms with E-state index in [2.05, 4.69) is 199 Å². The van der Waals surface area contributed by atoms with Gasteiger partial charge in [0.2, 0.25) is 0 Å². The van der Waals surface area contributed by atoms with Gasteiger partial charge in [-0.2, -0.15) is 53.6 Å². The van der Waals surface area contributed by atoms with Gasteiger partial charge in [-0.25, -0.2) is 4.98 Å². The maximum Gasteiger partial charge on any atom is 0.268 e. The second kappa shape index (κ2) is 18.9. The number of fused-ring (bicyclic) bond motifs is 5. The van der Waals surface area contributed by atoms with Crippen LogP contribution in [0.3, 0.4) is 0 Å². The van der Waals surface area contributed by atoms with Crippen molar-refractivity contribution in [2.45, 2.75) is 45.8 Å². The molecule has 13 rings (SSSR count). The van der Waals surface area contributed by atoms with E-state index in [0.717, 1.165) is 111 Å². The zero-order valence-corrected chi connectivity index (χ0v) is 42.7. The van der Waals surface area contributed by atoms with Crippen molar-refractivity contribution in [1.29, 1.82) is 0 Å². The quantitative estimate of drug-likeness (QED) is 0.107. The average Bonchev–Trinajstić information content (AvgIpc) is 4.36. The summed E-state index contributed by atoms with van der Waals surface area (Å²) in [6.07, 6.45) is 6.36. The summed E-state index contributed by atoms with van der Waals surface area (Å²) >= 11 is 0. The van der Waals surface area contributed by atoms with Crippen LogP contribution in [0.5, 0.6) is 0 Å². The molecule has 0 saturated heterocycles. The van der Waals surface area contributed by atoms with Crippen LogP contribution < -0.4 is 4.57 Å². The smallest absolute Gasteiger partial charge is 0.268 e. The van der Waals surface area contributed by atoms with Crippen LogP contribution in [0.25, 0.3) is 94.5 Å². The maximum atomic E-state index is 9.06. The zero-order chi connectivity index (χ0) is 52.7. The minimum Gasteiger partial charge on any atom is -0.372 e. The number of para-hydroxylation sites is 4. The fraction of sp³-hybridized carbons (Fsp3) is 0.104. The Morgan fingerprint density at radius 3 is 2.12 bits per heavy atom. The van der Waals surface area contributed by atoms with Gasteiger partial charge in [0.25, 0.3) is 6.33 Å². The van der Waals surface area contributed by atoms with E-state index in [1.54, 1.807) is 0 Å². The van der Waals surface area contributed by atoms with Gasteiger partial charge < -0.3 is 13.9 Å². The molecule has 0 atom stereocenters. The summed E-state index contributed by atoms with van der Waals surface area (Å²) in [6, 6.07) is 66.9. The molecule has 0 amide bonds. The summed E-state index contributed by atoms with van der Waals surface area (Å²) < 4.78 is 56.0. The number of aromatic nitrogens is 4. The molecule has 3 aromatic heterocycles. The van der Waals surface area contributed by atoms with Gasteiger partial charge in [0.05, 0.1) is 36.8 Å². The van der Waals surface area contributed by atoms with E-state index < -0.39 is 6.04 Å². The number of rotatable bonds is 9. The van der Waals surface area contributed by atoms with Gasteiger partial charge >= 0.3 is 0 Å². The van der Waals surface area contributed by atoms with E-state index in [1.165, 1.54) is 0 Å². The van der Waals surface area contributed by atoms with Gasteiger partial charge in [-0.05, 0) is 103 Å². The van der Waals surface area contributed by atoms with Gasteiger partial charge in [-0.15, -0.1) is 5.39 Å². The first kappa shape index (κ1) is 40.6. The van der Waals surface area contributed by atoms with Crippen LogP contribution in [0.2, 0.25) is 0 Å². The fourth-order valence-electron chi connectivity index (χ4n) is 10.3. The monoisotopic (exact) mass is 1130 g/mol. The van der Waals surface area contributed by atoms with E-state index >= 15 is 0 Å². The number of hydrogen-bond acceptors (Lipinski definition) is 2. The number of ether oxygens (including phenoxy) is 1. The number of pyridine rings is 1. The van der Waals surface area contributed by atoms with Crippen LogP contribution in [-0.2, 0) is 50.9 Å². The van der Waals surface area contributed by atoms with Gasteiger partial charge in [-0.1, -0.05) is 178 Å². The van der Waals surface area contributed by atoms with E-state index in [1.807, 2.05) is 36.5 Å². The van der Waals surface area contributed by atoms with E-state index in [4.69, 9.17) is 16.6 Å². The number of imidazole rings is 1. The normalized spacial score (nSPS) is 13.3. The Kier molecular flexibility index (Phi) is 10.5. The minimum absolute atomic E-state index is 0. The molecular weight excluding hydrogens is 1070 g/mol. The number of benzene rings is 9. The first-order valence-corrected chi connectivity index (χ1v) is 24.4. The molecule has 0 N–H and O–H groups in total. The molecule has 1 aliphatic rings. The van der Waals surface area contributed by atoms with Gasteiger partial charge in [-0.3, -0.25) is 4.57 Å². The molecule has 0 aliphatic carbocycles. The van der Waals surface area contributed by atoms with Gasteiger partial charge in [0.1, 0.15) is 5.82 Å². The molecule has 9 aromatic carbocycles. The van der Waals surface area contributed by atoms with Crippen molar-refractivity contribution in [3.63, 3.8) is 0 Å². The summed E-state index contributed by atoms with van der Waals surface area (Å²) in [6.45, 7) is 7.55. The largest absolute Gasteiger partial charge is 0.372 e. The Balaban J connectivity index is 0.00000609. The summed E-state index contributed by atoms with van der Waals surface area (Å²) in [5.74, 6) is 0.843. The van der Waals surface area contributed by atoms with Crippen LogP contribution >= 0.6 is 0 Å². The third kappa shape index (κ3) is 8.53. The van der Waals surface area contributed by atoms with Crippen molar-refractivity contribution in [1.82, 2.24) is 14.1 Å². The summed E-state index contributed by atoms with van der Waals surface area (Å²) in [4.78, 5) is 4.92. The molecule has 0 fully saturated rings. The molecule has 0 saturated carbocycles. The molecule has 1 aliphatic heterocycles. The predicted molar refractivity (Wildman–Crippen MR) is 292 cm³/mol. The van der Waals surface area contributed by atoms with Crippen LogP contribution in [0.1, 0.15) is 55.4 Å². The van der Waals surface area contributed by atoms with Crippen molar-refractivity contribution in [2.24, 2.45) is 0 Å². The topological polar surface area (TPSA) is 35.9 Å². The van der Waals surface area contributed by atoms with Crippen molar-refractivity contribution in [3.8, 4) is 61.7 Å². The minimum atomic E-state index is -0.422. The molecule has 5 nitrogen and oxygen atoms in total. The maximum absolute atomic E-state index is 9.06. The summed E-state index contributed by atoms with van der Waals surface area (Å²) in [5.41, 5.74) is 17.0. The second-order valence-electron chi connectivity index (χ2n) is 19.6. The molecular formula is C67H50N4OPt-2. The molecule has 6 heteroatoms. The van der Waals surface area contributed by atoms with Crippen molar-refractivity contribution >= 4 is 32.8 Å². The SMILES string of the molecule is [2H]c1c([2H])c([2H])c(-c2cc(-c3cccc(-c4cccc(-c5ccccc5)c4)c3-[n+]3[c-]n(-c4[c-]c(Cc5[c-]c6c(cc5)c5ccccc5n6-c5cc6c(cn5)COC6)ccc4)c4ccccc43)cc(C(C)(C)C)c2)c([2H])c1[2H].[Pt]. The first-order valence-electron chi connectivity index (χ1n) is 26.9. The van der Waals surface area contributed by atoms with Crippen LogP contribution in [0, 0.1) is 18.5 Å². The molecule has 356 valence electrons. The first-order chi connectivity index (χ1) is 37.4. The average molecular weight is 1130 g/mol. The van der Waals surface area contributed by atoms with E-state index in [0.29, 0.717) is 25.2 Å². The fourth-order valence-corrected chi connectivity index (χ4v) is 10.3. The summed E-state index contributed by atoms with van der Waals surface area (Å²) in [7, 11) is 0. The zero-order valence-electron chi connectivity index (χ0n) is 45.5. The Bertz CT molecular complexity index is 4320. The third-order valence-corrected chi connectivity index (χ3v) is 13.9. The molecule has 73 heavy (non-hydrogen) atoms. The Labute approximate surface area is 447 Å². The van der Waals surface area contributed by atoms with Crippen molar-refractivity contribution in [2.75, 3.05) is 0 Å². The molecule has 4 heterocycles. The second-order valence-corrected chi connectivity index (χ2v) is 19.6. The molecule has 0 spiro atoms. The van der Waals surface area contributed by atoms with Gasteiger partial charge in [0, 0.05) is 38.3 Å². The Morgan fingerprint density at radius 2 is 1.27 bits per heavy atom. The summed E-state index contributed by atoms with van der Waals surface area (Å²) in [5, 5.41) is 2.26. The molecule has 0 radical (unpaired) electrons. The standard InChI is InChI=1S/C67H50N4O.Pt/c1-67(2,3)55-38-51(48-20-8-5-9-21-48)37-52(39-55)58-27-16-26-57(50-23-15-22-49(36-50)47-18-6-4-7-19-47)66(58)70-44-69(62-29-12-13-30-63(62)70)56-24-14-17-45(34-56)33-46-31-32-60-59-25-10-11-28-61(59)71(64(60)35-46)65-40-53-42-72-43-54(53)41-68-65;/h4-32,36-41H,33,42-43H2,1-3H3;/q-2;/i5D,8D,9D,20D,21D;. The Morgan fingerprint density at radius 1 is 0.589 bits per heavy atom. The predicted octanol–water partition coefficient (Wildman–Crippen LogP) is 15.4. The van der Waals surface area contributed by atoms with E-state index in [9.17, 15) is 0 Å². The molecule has 0 bridgehead atoms. The molecule has 0 unspecified atom stereocenters. The van der Waals surface area contributed by atoms with Crippen LogP contribution in [-0.4, -0.2) is 14.1 Å². The van der Waals surface area contributed by atoms with Crippen LogP contribution in [0.15, 0.2) is 212 Å². The molecule has 12 aromatic rings. The van der Waals surface area contributed by atoms with Gasteiger partial charge in [0.15, 0.2) is 0 Å².